The number of carbonyl (C=O) groups excluding carboxylic acids is 1. The van der Waals surface area contributed by atoms with Crippen molar-refractivity contribution in [2.24, 2.45) is 5.84 Å². The fourth-order valence-corrected chi connectivity index (χ4v) is 1.15. The first kappa shape index (κ1) is 12.2. The molecule has 0 aliphatic heterocycles. The third kappa shape index (κ3) is 2.57. The van der Waals surface area contributed by atoms with Crippen molar-refractivity contribution < 1.29 is 23.0 Å². The number of rotatable bonds is 4. The molecule has 3 N–H and O–H groups in total. The van der Waals surface area contributed by atoms with Crippen LogP contribution >= 0.6 is 0 Å². The Balaban J connectivity index is 3.15. The third-order valence-corrected chi connectivity index (χ3v) is 1.79. The van der Waals surface area contributed by atoms with E-state index in [-0.39, 0.29) is 17.0 Å². The summed E-state index contributed by atoms with van der Waals surface area (Å²) in [5.74, 6) is 4.21. The number of alkyl halides is 2. The summed E-state index contributed by atoms with van der Waals surface area (Å²) in [6.07, 6.45) is 0. The maximum Gasteiger partial charge on any atom is 0.387 e. The Morgan fingerprint density at radius 1 is 1.50 bits per heavy atom. The molecule has 0 saturated carbocycles. The van der Waals surface area contributed by atoms with E-state index < -0.39 is 12.6 Å². The van der Waals surface area contributed by atoms with Crippen LogP contribution in [0.3, 0.4) is 0 Å². The SMILES string of the molecule is COC(=O)c1cccc(OC(F)F)c1NN. The van der Waals surface area contributed by atoms with E-state index in [2.05, 4.69) is 14.9 Å². The Bertz CT molecular complexity index is 385. The van der Waals surface area contributed by atoms with Gasteiger partial charge in [-0.15, -0.1) is 0 Å². The Morgan fingerprint density at radius 3 is 2.69 bits per heavy atom. The maximum atomic E-state index is 12.0. The maximum absolute atomic E-state index is 12.0. The molecule has 0 fully saturated rings. The molecule has 0 aromatic heterocycles. The molecule has 0 radical (unpaired) electrons. The molecule has 16 heavy (non-hydrogen) atoms. The highest BCUT2D eigenvalue weighted by atomic mass is 19.3. The molecule has 0 spiro atoms. The van der Waals surface area contributed by atoms with Crippen LogP contribution in [0.5, 0.6) is 5.75 Å². The van der Waals surface area contributed by atoms with Crippen LogP contribution < -0.4 is 16.0 Å². The van der Waals surface area contributed by atoms with Crippen molar-refractivity contribution in [3.8, 4) is 5.75 Å². The monoisotopic (exact) mass is 232 g/mol. The predicted molar refractivity (Wildman–Crippen MR) is 52.2 cm³/mol. The fourth-order valence-electron chi connectivity index (χ4n) is 1.15. The number of ether oxygens (including phenoxy) is 2. The first-order chi connectivity index (χ1) is 7.60. The van der Waals surface area contributed by atoms with Crippen LogP contribution in [-0.2, 0) is 4.74 Å². The van der Waals surface area contributed by atoms with Gasteiger partial charge in [0.05, 0.1) is 12.7 Å². The van der Waals surface area contributed by atoms with Crippen molar-refractivity contribution in [2.75, 3.05) is 12.5 Å². The summed E-state index contributed by atoms with van der Waals surface area (Å²) in [5, 5.41) is 0. The van der Waals surface area contributed by atoms with Gasteiger partial charge in [0.2, 0.25) is 0 Å². The van der Waals surface area contributed by atoms with Crippen molar-refractivity contribution in [3.63, 3.8) is 0 Å². The van der Waals surface area contributed by atoms with Gasteiger partial charge in [-0.25, -0.2) is 4.79 Å². The van der Waals surface area contributed by atoms with Crippen molar-refractivity contribution in [2.45, 2.75) is 6.61 Å². The van der Waals surface area contributed by atoms with E-state index in [0.717, 1.165) is 0 Å². The smallest absolute Gasteiger partial charge is 0.387 e. The van der Waals surface area contributed by atoms with Crippen molar-refractivity contribution in [1.29, 1.82) is 0 Å². The molecule has 0 unspecified atom stereocenters. The lowest BCUT2D eigenvalue weighted by Crippen LogP contribution is -2.15. The summed E-state index contributed by atoms with van der Waals surface area (Å²) in [6, 6.07) is 4.01. The summed E-state index contributed by atoms with van der Waals surface area (Å²) < 4.78 is 32.7. The van der Waals surface area contributed by atoms with Crippen molar-refractivity contribution in [1.82, 2.24) is 0 Å². The molecular weight excluding hydrogens is 222 g/mol. The summed E-state index contributed by atoms with van der Waals surface area (Å²) in [6.45, 7) is -3.00. The summed E-state index contributed by atoms with van der Waals surface area (Å²) in [4.78, 5) is 11.3. The Labute approximate surface area is 90.1 Å². The third-order valence-electron chi connectivity index (χ3n) is 1.79. The lowest BCUT2D eigenvalue weighted by atomic mass is 10.1. The van der Waals surface area contributed by atoms with Gasteiger partial charge in [-0.1, -0.05) is 6.07 Å². The Morgan fingerprint density at radius 2 is 2.19 bits per heavy atom. The second-order valence-electron chi connectivity index (χ2n) is 2.69. The van der Waals surface area contributed by atoms with E-state index in [1.807, 2.05) is 0 Å². The van der Waals surface area contributed by atoms with Gasteiger partial charge in [-0.2, -0.15) is 8.78 Å². The summed E-state index contributed by atoms with van der Waals surface area (Å²) in [5.41, 5.74) is 2.10. The van der Waals surface area contributed by atoms with E-state index in [1.54, 1.807) is 0 Å². The molecule has 1 aromatic carbocycles. The number of hydrogen-bond acceptors (Lipinski definition) is 5. The van der Waals surface area contributed by atoms with Crippen LogP contribution in [0.4, 0.5) is 14.5 Å². The minimum absolute atomic E-state index is 0.0168. The molecule has 0 bridgehead atoms. The molecule has 0 heterocycles. The average Bonchev–Trinajstić information content (AvgIpc) is 2.27. The number of nitrogen functional groups attached to an aromatic ring is 1. The van der Waals surface area contributed by atoms with Crippen LogP contribution in [0, 0.1) is 0 Å². The van der Waals surface area contributed by atoms with Crippen molar-refractivity contribution in [3.05, 3.63) is 23.8 Å². The Hall–Kier alpha value is -1.89. The van der Waals surface area contributed by atoms with Gasteiger partial charge in [0.15, 0.2) is 5.75 Å². The molecule has 0 amide bonds. The van der Waals surface area contributed by atoms with E-state index in [1.165, 1.54) is 25.3 Å². The average molecular weight is 232 g/mol. The van der Waals surface area contributed by atoms with E-state index in [0.29, 0.717) is 0 Å². The zero-order chi connectivity index (χ0) is 12.1. The number of hydrazine groups is 1. The van der Waals surface area contributed by atoms with Crippen LogP contribution in [0.25, 0.3) is 0 Å². The fraction of sp³-hybridized carbons (Fsp3) is 0.222. The second kappa shape index (κ2) is 5.26. The number of halogens is 2. The lowest BCUT2D eigenvalue weighted by molar-refractivity contribution is -0.0494. The number of methoxy groups -OCH3 is 1. The van der Waals surface area contributed by atoms with Gasteiger partial charge in [-0.3, -0.25) is 5.84 Å². The molecular formula is C9H10F2N2O3. The van der Waals surface area contributed by atoms with Gasteiger partial charge in [0.25, 0.3) is 0 Å². The molecule has 0 aliphatic carbocycles. The summed E-state index contributed by atoms with van der Waals surface area (Å²) >= 11 is 0. The normalized spacial score (nSPS) is 10.1. The molecule has 0 aliphatic rings. The first-order valence-electron chi connectivity index (χ1n) is 4.23. The van der Waals surface area contributed by atoms with Crippen LogP contribution in [0.15, 0.2) is 18.2 Å². The minimum Gasteiger partial charge on any atom is -0.465 e. The second-order valence-corrected chi connectivity index (χ2v) is 2.69. The topological polar surface area (TPSA) is 73.6 Å². The minimum atomic E-state index is -3.00. The molecule has 7 heteroatoms. The van der Waals surface area contributed by atoms with Gasteiger partial charge in [0.1, 0.15) is 5.69 Å². The van der Waals surface area contributed by atoms with Gasteiger partial charge >= 0.3 is 12.6 Å². The number of para-hydroxylation sites is 1. The van der Waals surface area contributed by atoms with Crippen LogP contribution in [0.2, 0.25) is 0 Å². The molecule has 5 nitrogen and oxygen atoms in total. The first-order valence-corrected chi connectivity index (χ1v) is 4.23. The standard InChI is InChI=1S/C9H10F2N2O3/c1-15-8(14)5-3-2-4-6(7(5)13-12)16-9(10)11/h2-4,9,13H,12H2,1H3. The number of anilines is 1. The van der Waals surface area contributed by atoms with E-state index in [4.69, 9.17) is 5.84 Å². The van der Waals surface area contributed by atoms with Gasteiger partial charge in [-0.05, 0) is 12.1 Å². The number of nitrogens with one attached hydrogen (secondary N) is 1. The quantitative estimate of drug-likeness (QED) is 0.466. The highest BCUT2D eigenvalue weighted by Gasteiger charge is 2.17. The number of hydrogen-bond donors (Lipinski definition) is 2. The highest BCUT2D eigenvalue weighted by Crippen LogP contribution is 2.29. The Kier molecular flexibility index (Phi) is 4.01. The van der Waals surface area contributed by atoms with E-state index in [9.17, 15) is 13.6 Å². The predicted octanol–water partition coefficient (Wildman–Crippen LogP) is 1.36. The zero-order valence-electron chi connectivity index (χ0n) is 8.37. The van der Waals surface area contributed by atoms with Gasteiger partial charge < -0.3 is 14.9 Å². The molecule has 88 valence electrons. The number of carbonyl (C=O) groups is 1. The van der Waals surface area contributed by atoms with Crippen LogP contribution in [0.1, 0.15) is 10.4 Å². The van der Waals surface area contributed by atoms with Crippen LogP contribution in [-0.4, -0.2) is 19.7 Å². The largest absolute Gasteiger partial charge is 0.465 e. The molecule has 0 saturated heterocycles. The van der Waals surface area contributed by atoms with E-state index >= 15 is 0 Å². The number of nitrogens with two attached hydrogens (primary N) is 1. The summed E-state index contributed by atoms with van der Waals surface area (Å²) in [7, 11) is 1.17. The molecule has 0 atom stereocenters. The van der Waals surface area contributed by atoms with Crippen molar-refractivity contribution >= 4 is 11.7 Å². The molecule has 1 aromatic rings. The van der Waals surface area contributed by atoms with Gasteiger partial charge in [0, 0.05) is 0 Å². The lowest BCUT2D eigenvalue weighted by Gasteiger charge is -2.12. The highest BCUT2D eigenvalue weighted by molar-refractivity contribution is 5.97. The zero-order valence-corrected chi connectivity index (χ0v) is 8.37. The molecule has 1 rings (SSSR count). The number of esters is 1. The number of benzene rings is 1.